The lowest BCUT2D eigenvalue weighted by atomic mass is 10.1. The van der Waals surface area contributed by atoms with E-state index in [2.05, 4.69) is 6.58 Å². The molecule has 4 heteroatoms. The molecule has 0 bridgehead atoms. The number of rotatable bonds is 7. The van der Waals surface area contributed by atoms with E-state index in [0.717, 1.165) is 11.1 Å². The molecule has 23 heavy (non-hydrogen) atoms. The van der Waals surface area contributed by atoms with Crippen molar-refractivity contribution in [2.24, 2.45) is 0 Å². The third-order valence-electron chi connectivity index (χ3n) is 3.08. The maximum absolute atomic E-state index is 11.8. The van der Waals surface area contributed by atoms with Crippen LogP contribution >= 0.6 is 0 Å². The molecule has 0 saturated carbocycles. The first-order chi connectivity index (χ1) is 11.1. The Morgan fingerprint density at radius 2 is 1.74 bits per heavy atom. The molecule has 4 nitrogen and oxygen atoms in total. The summed E-state index contributed by atoms with van der Waals surface area (Å²) in [6, 6.07) is 17.5. The fourth-order valence-corrected chi connectivity index (χ4v) is 2.08. The summed E-state index contributed by atoms with van der Waals surface area (Å²) >= 11 is 0. The molecule has 2 rings (SSSR count). The first-order valence-electron chi connectivity index (χ1n) is 7.45. The van der Waals surface area contributed by atoms with E-state index in [0.29, 0.717) is 12.4 Å². The van der Waals surface area contributed by atoms with Crippen LogP contribution in [0.2, 0.25) is 0 Å². The SMILES string of the molecule is C=C(OCC)C(=O)OC(C)Oc1ccccc1-c1ccccc1. The van der Waals surface area contributed by atoms with Crippen molar-refractivity contribution >= 4 is 5.97 Å². The van der Waals surface area contributed by atoms with Gasteiger partial charge in [0.2, 0.25) is 6.29 Å². The van der Waals surface area contributed by atoms with E-state index in [1.165, 1.54) is 0 Å². The molecule has 0 aliphatic rings. The fraction of sp³-hybridized carbons (Fsp3) is 0.211. The predicted octanol–water partition coefficient (Wildman–Crippen LogP) is 4.17. The summed E-state index contributed by atoms with van der Waals surface area (Å²) in [5.41, 5.74) is 1.96. The fourth-order valence-electron chi connectivity index (χ4n) is 2.08. The van der Waals surface area contributed by atoms with Gasteiger partial charge in [-0.3, -0.25) is 0 Å². The maximum atomic E-state index is 11.8. The van der Waals surface area contributed by atoms with Crippen molar-refractivity contribution in [2.75, 3.05) is 6.61 Å². The van der Waals surface area contributed by atoms with Crippen molar-refractivity contribution in [3.63, 3.8) is 0 Å². The third-order valence-corrected chi connectivity index (χ3v) is 3.08. The molecule has 0 fully saturated rings. The van der Waals surface area contributed by atoms with Crippen LogP contribution in [0.15, 0.2) is 66.9 Å². The van der Waals surface area contributed by atoms with Gasteiger partial charge in [0.15, 0.2) is 5.76 Å². The normalized spacial score (nSPS) is 11.4. The van der Waals surface area contributed by atoms with E-state index in [1.807, 2.05) is 54.6 Å². The molecule has 0 heterocycles. The average Bonchev–Trinajstić information content (AvgIpc) is 2.56. The van der Waals surface area contributed by atoms with E-state index >= 15 is 0 Å². The third kappa shape index (κ3) is 4.61. The van der Waals surface area contributed by atoms with Crippen LogP contribution < -0.4 is 4.74 Å². The van der Waals surface area contributed by atoms with Crippen molar-refractivity contribution in [1.29, 1.82) is 0 Å². The van der Waals surface area contributed by atoms with E-state index in [4.69, 9.17) is 14.2 Å². The van der Waals surface area contributed by atoms with E-state index in [1.54, 1.807) is 13.8 Å². The Balaban J connectivity index is 2.09. The number of benzene rings is 2. The zero-order valence-corrected chi connectivity index (χ0v) is 13.3. The van der Waals surface area contributed by atoms with Gasteiger partial charge in [-0.1, -0.05) is 48.5 Å². The summed E-state index contributed by atoms with van der Waals surface area (Å²) in [5.74, 6) is -0.0168. The lowest BCUT2D eigenvalue weighted by Gasteiger charge is -2.18. The highest BCUT2D eigenvalue weighted by Crippen LogP contribution is 2.30. The summed E-state index contributed by atoms with van der Waals surface area (Å²) in [5, 5.41) is 0. The van der Waals surface area contributed by atoms with Gasteiger partial charge in [0.05, 0.1) is 6.61 Å². The topological polar surface area (TPSA) is 44.8 Å². The van der Waals surface area contributed by atoms with Gasteiger partial charge in [-0.2, -0.15) is 0 Å². The van der Waals surface area contributed by atoms with Crippen LogP contribution in [0.3, 0.4) is 0 Å². The second-order valence-electron chi connectivity index (χ2n) is 4.81. The highest BCUT2D eigenvalue weighted by atomic mass is 16.7. The molecular weight excluding hydrogens is 292 g/mol. The zero-order valence-electron chi connectivity index (χ0n) is 13.3. The first-order valence-corrected chi connectivity index (χ1v) is 7.45. The molecule has 0 amide bonds. The zero-order chi connectivity index (χ0) is 16.7. The average molecular weight is 312 g/mol. The van der Waals surface area contributed by atoms with E-state index in [-0.39, 0.29) is 5.76 Å². The minimum Gasteiger partial charge on any atom is -0.487 e. The van der Waals surface area contributed by atoms with Crippen LogP contribution in [0.5, 0.6) is 5.75 Å². The standard InChI is InChI=1S/C19H20O4/c1-4-21-14(2)19(20)23-15(3)22-18-13-9-8-12-17(18)16-10-6-5-7-11-16/h5-13,15H,2,4H2,1,3H3. The summed E-state index contributed by atoms with van der Waals surface area (Å²) in [7, 11) is 0. The smallest absolute Gasteiger partial charge is 0.376 e. The van der Waals surface area contributed by atoms with Crippen molar-refractivity contribution in [3.05, 3.63) is 66.9 Å². The van der Waals surface area contributed by atoms with Crippen LogP contribution in [0, 0.1) is 0 Å². The summed E-state index contributed by atoms with van der Waals surface area (Å²) < 4.78 is 16.0. The molecule has 2 aromatic carbocycles. The predicted molar refractivity (Wildman–Crippen MR) is 88.8 cm³/mol. The largest absolute Gasteiger partial charge is 0.487 e. The van der Waals surface area contributed by atoms with Gasteiger partial charge in [0.1, 0.15) is 5.75 Å². The molecule has 1 atom stereocenters. The van der Waals surface area contributed by atoms with Crippen molar-refractivity contribution < 1.29 is 19.0 Å². The van der Waals surface area contributed by atoms with Crippen LogP contribution in [0.1, 0.15) is 13.8 Å². The lowest BCUT2D eigenvalue weighted by Crippen LogP contribution is -2.22. The Morgan fingerprint density at radius 3 is 2.43 bits per heavy atom. The minimum atomic E-state index is -0.760. The molecule has 0 radical (unpaired) electrons. The number of esters is 1. The van der Waals surface area contributed by atoms with Gasteiger partial charge < -0.3 is 14.2 Å². The van der Waals surface area contributed by atoms with Crippen LogP contribution in [0.25, 0.3) is 11.1 Å². The van der Waals surface area contributed by atoms with Crippen LogP contribution in [-0.4, -0.2) is 18.9 Å². The van der Waals surface area contributed by atoms with Crippen LogP contribution in [-0.2, 0) is 14.3 Å². The van der Waals surface area contributed by atoms with Gasteiger partial charge in [-0.05, 0) is 25.1 Å². The molecule has 0 N–H and O–H groups in total. The van der Waals surface area contributed by atoms with E-state index in [9.17, 15) is 4.79 Å². The number of hydrogen-bond acceptors (Lipinski definition) is 4. The lowest BCUT2D eigenvalue weighted by molar-refractivity contribution is -0.160. The van der Waals surface area contributed by atoms with Gasteiger partial charge in [0, 0.05) is 12.5 Å². The molecule has 0 spiro atoms. The number of para-hydroxylation sites is 1. The molecule has 2 aromatic rings. The maximum Gasteiger partial charge on any atom is 0.376 e. The summed E-state index contributed by atoms with van der Waals surface area (Å²) in [4.78, 5) is 11.8. The van der Waals surface area contributed by atoms with Gasteiger partial charge in [-0.25, -0.2) is 4.79 Å². The summed E-state index contributed by atoms with van der Waals surface area (Å²) in [6.45, 7) is 7.30. The highest BCUT2D eigenvalue weighted by Gasteiger charge is 2.16. The first kappa shape index (κ1) is 16.6. The van der Waals surface area contributed by atoms with Crippen molar-refractivity contribution in [1.82, 2.24) is 0 Å². The monoisotopic (exact) mass is 312 g/mol. The van der Waals surface area contributed by atoms with Gasteiger partial charge in [0.25, 0.3) is 0 Å². The van der Waals surface area contributed by atoms with Gasteiger partial charge in [-0.15, -0.1) is 0 Å². The molecule has 120 valence electrons. The van der Waals surface area contributed by atoms with Crippen molar-refractivity contribution in [3.8, 4) is 16.9 Å². The Morgan fingerprint density at radius 1 is 1.09 bits per heavy atom. The molecule has 0 aliphatic carbocycles. The van der Waals surface area contributed by atoms with Crippen molar-refractivity contribution in [2.45, 2.75) is 20.1 Å². The minimum absolute atomic E-state index is 0.0284. The second kappa shape index (κ2) is 8.03. The number of carbonyl (C=O) groups is 1. The Labute approximate surface area is 136 Å². The number of hydrogen-bond donors (Lipinski definition) is 0. The molecule has 1 unspecified atom stereocenters. The highest BCUT2D eigenvalue weighted by molar-refractivity contribution is 5.85. The number of carbonyl (C=O) groups excluding carboxylic acids is 1. The molecule has 0 saturated heterocycles. The Bertz CT molecular complexity index is 664. The second-order valence-corrected chi connectivity index (χ2v) is 4.81. The van der Waals surface area contributed by atoms with Crippen LogP contribution in [0.4, 0.5) is 0 Å². The van der Waals surface area contributed by atoms with E-state index < -0.39 is 12.3 Å². The molecule has 0 aromatic heterocycles. The Hall–Kier alpha value is -2.75. The summed E-state index contributed by atoms with van der Waals surface area (Å²) in [6.07, 6.45) is -0.760. The molecular formula is C19H20O4. The van der Waals surface area contributed by atoms with Gasteiger partial charge >= 0.3 is 5.97 Å². The quantitative estimate of drug-likeness (QED) is 0.333. The number of ether oxygens (including phenoxy) is 3. The Kier molecular flexibility index (Phi) is 5.80. The molecule has 0 aliphatic heterocycles.